The summed E-state index contributed by atoms with van der Waals surface area (Å²) < 4.78 is 17.7. The monoisotopic (exact) mass is 386 g/mol. The van der Waals surface area contributed by atoms with Gasteiger partial charge in [0.25, 0.3) is 5.91 Å². The molecule has 0 saturated heterocycles. The predicted molar refractivity (Wildman–Crippen MR) is 100 cm³/mol. The molecular weight excluding hydrogens is 367 g/mol. The Morgan fingerprint density at radius 2 is 1.43 bits per heavy atom. The van der Waals surface area contributed by atoms with E-state index in [1.54, 1.807) is 24.3 Å². The molecule has 2 aromatic rings. The first-order valence-corrected chi connectivity index (χ1v) is 8.45. The van der Waals surface area contributed by atoms with E-state index >= 15 is 0 Å². The van der Waals surface area contributed by atoms with Crippen molar-refractivity contribution < 1.29 is 28.3 Å². The number of nitrogens with one attached hydrogen (secondary N) is 2. The van der Waals surface area contributed by atoms with E-state index in [1.807, 2.05) is 0 Å². The number of hydrogen-bond acceptors (Lipinski definition) is 5. The molecule has 2 rings (SSSR count). The second-order valence-corrected chi connectivity index (χ2v) is 5.90. The van der Waals surface area contributed by atoms with Crippen LogP contribution in [0, 0.1) is 5.82 Å². The summed E-state index contributed by atoms with van der Waals surface area (Å²) in [5.74, 6) is -2.20. The first kappa shape index (κ1) is 20.8. The van der Waals surface area contributed by atoms with Crippen molar-refractivity contribution in [2.24, 2.45) is 0 Å². The minimum atomic E-state index is -0.688. The highest BCUT2D eigenvalue weighted by molar-refractivity contribution is 5.98. The average molecular weight is 386 g/mol. The zero-order valence-electron chi connectivity index (χ0n) is 15.2. The Morgan fingerprint density at radius 1 is 0.857 bits per heavy atom. The Bertz CT molecular complexity index is 863. The number of hydrogen-bond donors (Lipinski definition) is 2. The van der Waals surface area contributed by atoms with E-state index in [-0.39, 0.29) is 24.5 Å². The van der Waals surface area contributed by atoms with Crippen molar-refractivity contribution in [1.29, 1.82) is 0 Å². The van der Waals surface area contributed by atoms with Gasteiger partial charge in [-0.1, -0.05) is 0 Å². The lowest BCUT2D eigenvalue weighted by molar-refractivity contribution is -0.147. The minimum Gasteiger partial charge on any atom is -0.456 e. The van der Waals surface area contributed by atoms with Gasteiger partial charge in [-0.05, 0) is 48.5 Å². The third-order valence-corrected chi connectivity index (χ3v) is 3.58. The molecule has 0 radical (unpaired) electrons. The summed E-state index contributed by atoms with van der Waals surface area (Å²) in [4.78, 5) is 46.3. The molecule has 0 aromatic heterocycles. The van der Waals surface area contributed by atoms with E-state index in [4.69, 9.17) is 4.74 Å². The third kappa shape index (κ3) is 6.99. The van der Waals surface area contributed by atoms with E-state index in [1.165, 1.54) is 31.2 Å². The molecule has 2 amide bonds. The minimum absolute atomic E-state index is 0.101. The van der Waals surface area contributed by atoms with Crippen LogP contribution >= 0.6 is 0 Å². The highest BCUT2D eigenvalue weighted by Gasteiger charge is 2.12. The van der Waals surface area contributed by atoms with E-state index in [9.17, 15) is 23.6 Å². The van der Waals surface area contributed by atoms with E-state index in [0.717, 1.165) is 0 Å². The normalized spacial score (nSPS) is 10.1. The van der Waals surface area contributed by atoms with Gasteiger partial charge in [-0.15, -0.1) is 0 Å². The van der Waals surface area contributed by atoms with Gasteiger partial charge in [0, 0.05) is 30.3 Å². The molecule has 0 unspecified atom stereocenters. The van der Waals surface area contributed by atoms with Gasteiger partial charge in [0.15, 0.2) is 12.4 Å². The first-order chi connectivity index (χ1) is 13.3. The molecule has 146 valence electrons. The number of halogens is 1. The molecule has 2 aromatic carbocycles. The molecule has 2 N–H and O–H groups in total. The van der Waals surface area contributed by atoms with Gasteiger partial charge in [-0.2, -0.15) is 0 Å². The summed E-state index contributed by atoms with van der Waals surface area (Å²) in [7, 11) is 0. The average Bonchev–Trinajstić information content (AvgIpc) is 2.66. The molecule has 0 atom stereocenters. The van der Waals surface area contributed by atoms with Crippen molar-refractivity contribution in [3.05, 3.63) is 59.9 Å². The Labute approximate surface area is 160 Å². The summed E-state index contributed by atoms with van der Waals surface area (Å²) in [6.45, 7) is 0.897. The Hall–Kier alpha value is -3.55. The lowest BCUT2D eigenvalue weighted by Gasteiger charge is -2.08. The van der Waals surface area contributed by atoms with Crippen LogP contribution in [0.2, 0.25) is 0 Å². The third-order valence-electron chi connectivity index (χ3n) is 3.58. The molecule has 0 saturated carbocycles. The lowest BCUT2D eigenvalue weighted by Crippen LogP contribution is -2.21. The highest BCUT2D eigenvalue weighted by Crippen LogP contribution is 2.13. The number of carbonyl (C=O) groups is 4. The first-order valence-electron chi connectivity index (χ1n) is 8.45. The van der Waals surface area contributed by atoms with Crippen LogP contribution < -0.4 is 10.6 Å². The predicted octanol–water partition coefficient (Wildman–Crippen LogP) is 2.93. The fraction of sp³-hybridized carbons (Fsp3) is 0.200. The van der Waals surface area contributed by atoms with Crippen molar-refractivity contribution in [3.63, 3.8) is 0 Å². The van der Waals surface area contributed by atoms with Gasteiger partial charge in [0.2, 0.25) is 5.91 Å². The van der Waals surface area contributed by atoms with Crippen molar-refractivity contribution in [2.45, 2.75) is 19.8 Å². The smallest absolute Gasteiger partial charge is 0.306 e. The molecule has 0 aliphatic rings. The summed E-state index contributed by atoms with van der Waals surface area (Å²) in [6.07, 6.45) is -0.286. The van der Waals surface area contributed by atoms with Crippen LogP contribution in [0.1, 0.15) is 30.1 Å². The number of anilines is 2. The van der Waals surface area contributed by atoms with Gasteiger partial charge in [0.05, 0.1) is 6.42 Å². The van der Waals surface area contributed by atoms with Gasteiger partial charge < -0.3 is 15.4 Å². The number of ether oxygens (including phenoxy) is 1. The molecule has 0 fully saturated rings. The number of ketones is 1. The molecule has 0 heterocycles. The van der Waals surface area contributed by atoms with E-state index in [2.05, 4.69) is 10.6 Å². The van der Waals surface area contributed by atoms with Crippen LogP contribution in [0.3, 0.4) is 0 Å². The van der Waals surface area contributed by atoms with Crippen molar-refractivity contribution >= 4 is 34.9 Å². The fourth-order valence-electron chi connectivity index (χ4n) is 2.25. The van der Waals surface area contributed by atoms with Crippen LogP contribution in [-0.2, 0) is 19.1 Å². The summed E-state index contributed by atoms with van der Waals surface area (Å²) in [6, 6.07) is 11.4. The van der Waals surface area contributed by atoms with Crippen molar-refractivity contribution in [1.82, 2.24) is 0 Å². The Balaban J connectivity index is 1.71. The molecule has 28 heavy (non-hydrogen) atoms. The Morgan fingerprint density at radius 3 is 2.00 bits per heavy atom. The molecule has 0 aliphatic carbocycles. The topological polar surface area (TPSA) is 102 Å². The second kappa shape index (κ2) is 9.96. The van der Waals surface area contributed by atoms with E-state index < -0.39 is 24.3 Å². The number of rotatable bonds is 8. The summed E-state index contributed by atoms with van der Waals surface area (Å²) >= 11 is 0. The second-order valence-electron chi connectivity index (χ2n) is 5.90. The van der Waals surface area contributed by atoms with Crippen molar-refractivity contribution in [2.75, 3.05) is 17.2 Å². The molecule has 0 spiro atoms. The molecule has 0 bridgehead atoms. The Kier molecular flexibility index (Phi) is 7.38. The maximum absolute atomic E-state index is 12.8. The van der Waals surface area contributed by atoms with Crippen LogP contribution in [0.15, 0.2) is 48.5 Å². The summed E-state index contributed by atoms with van der Waals surface area (Å²) in [5, 5.41) is 5.14. The van der Waals surface area contributed by atoms with Crippen LogP contribution in [0.25, 0.3) is 0 Å². The quantitative estimate of drug-likeness (QED) is 0.537. The maximum Gasteiger partial charge on any atom is 0.306 e. The highest BCUT2D eigenvalue weighted by atomic mass is 19.1. The van der Waals surface area contributed by atoms with E-state index in [0.29, 0.717) is 16.9 Å². The van der Waals surface area contributed by atoms with Gasteiger partial charge in [-0.3, -0.25) is 19.2 Å². The standard InChI is InChI=1S/C20H19FN2O5/c1-13(24)22-16-6-8-17(9-7-16)23-19(26)12-28-20(27)11-10-18(25)14-2-4-15(21)5-3-14/h2-9H,10-12H2,1H3,(H,22,24)(H,23,26). The zero-order chi connectivity index (χ0) is 20.5. The SMILES string of the molecule is CC(=O)Nc1ccc(NC(=O)COC(=O)CCC(=O)c2ccc(F)cc2)cc1. The largest absolute Gasteiger partial charge is 0.456 e. The van der Waals surface area contributed by atoms with Gasteiger partial charge in [0.1, 0.15) is 5.82 Å². The molecule has 0 aliphatic heterocycles. The van der Waals surface area contributed by atoms with Gasteiger partial charge >= 0.3 is 5.97 Å². The van der Waals surface area contributed by atoms with Crippen molar-refractivity contribution in [3.8, 4) is 0 Å². The lowest BCUT2D eigenvalue weighted by atomic mass is 10.1. The summed E-state index contributed by atoms with van der Waals surface area (Å²) in [5.41, 5.74) is 1.36. The van der Waals surface area contributed by atoms with Crippen LogP contribution in [0.4, 0.5) is 15.8 Å². The number of carbonyl (C=O) groups excluding carboxylic acids is 4. The maximum atomic E-state index is 12.8. The number of benzene rings is 2. The number of Topliss-reactive ketones (excluding diaryl/α,β-unsaturated/α-hetero) is 1. The number of esters is 1. The molecule has 8 heteroatoms. The molecular formula is C20H19FN2O5. The van der Waals surface area contributed by atoms with Crippen LogP contribution in [-0.4, -0.2) is 30.2 Å². The van der Waals surface area contributed by atoms with Gasteiger partial charge in [-0.25, -0.2) is 4.39 Å². The fourth-order valence-corrected chi connectivity index (χ4v) is 2.25. The zero-order valence-corrected chi connectivity index (χ0v) is 15.2. The van der Waals surface area contributed by atoms with Crippen LogP contribution in [0.5, 0.6) is 0 Å². The molecule has 7 nitrogen and oxygen atoms in total. The number of amides is 2.